The van der Waals surface area contributed by atoms with Crippen molar-refractivity contribution in [2.45, 2.75) is 6.42 Å². The molecule has 86 valence electrons. The van der Waals surface area contributed by atoms with Gasteiger partial charge in [0.15, 0.2) is 5.82 Å². The number of hydrogen-bond acceptors (Lipinski definition) is 5. The first-order chi connectivity index (χ1) is 8.31. The molecular formula is C12H12N4S. The maximum absolute atomic E-state index is 8.83. The molecule has 17 heavy (non-hydrogen) atoms. The van der Waals surface area contributed by atoms with Gasteiger partial charge in [-0.05, 0) is 23.9 Å². The van der Waals surface area contributed by atoms with Crippen LogP contribution in [0.25, 0.3) is 0 Å². The van der Waals surface area contributed by atoms with Gasteiger partial charge in [-0.15, -0.1) is 11.3 Å². The van der Waals surface area contributed by atoms with E-state index in [4.69, 9.17) is 11.0 Å². The number of nitrogens with two attached hydrogens (primary N) is 1. The fourth-order valence-electron chi connectivity index (χ4n) is 1.47. The first kappa shape index (κ1) is 11.4. The van der Waals surface area contributed by atoms with Crippen molar-refractivity contribution in [3.63, 3.8) is 0 Å². The van der Waals surface area contributed by atoms with Crippen molar-refractivity contribution >= 4 is 22.8 Å². The Bertz CT molecular complexity index is 528. The lowest BCUT2D eigenvalue weighted by Gasteiger charge is -2.08. The van der Waals surface area contributed by atoms with Crippen LogP contribution in [0.4, 0.5) is 11.5 Å². The van der Waals surface area contributed by atoms with Crippen molar-refractivity contribution in [3.8, 4) is 6.07 Å². The van der Waals surface area contributed by atoms with Gasteiger partial charge in [0, 0.05) is 17.6 Å². The molecule has 0 aliphatic carbocycles. The zero-order chi connectivity index (χ0) is 12.1. The van der Waals surface area contributed by atoms with E-state index < -0.39 is 0 Å². The van der Waals surface area contributed by atoms with Gasteiger partial charge in [-0.2, -0.15) is 5.26 Å². The number of thiophene rings is 1. The van der Waals surface area contributed by atoms with Crippen molar-refractivity contribution < 1.29 is 0 Å². The molecule has 0 spiro atoms. The highest BCUT2D eigenvalue weighted by Crippen LogP contribution is 2.19. The largest absolute Gasteiger partial charge is 0.395 e. The van der Waals surface area contributed by atoms with E-state index in [-0.39, 0.29) is 0 Å². The lowest BCUT2D eigenvalue weighted by molar-refractivity contribution is 1.03. The highest BCUT2D eigenvalue weighted by molar-refractivity contribution is 7.09. The minimum Gasteiger partial charge on any atom is -0.395 e. The number of rotatable bonds is 4. The second kappa shape index (κ2) is 5.32. The molecule has 0 aromatic carbocycles. The molecule has 0 saturated carbocycles. The van der Waals surface area contributed by atoms with Crippen molar-refractivity contribution in [2.24, 2.45) is 0 Å². The summed E-state index contributed by atoms with van der Waals surface area (Å²) in [5.41, 5.74) is 6.68. The van der Waals surface area contributed by atoms with E-state index in [2.05, 4.69) is 21.7 Å². The summed E-state index contributed by atoms with van der Waals surface area (Å²) in [5.74, 6) is 0.584. The second-order valence-electron chi connectivity index (χ2n) is 3.49. The Morgan fingerprint density at radius 1 is 1.47 bits per heavy atom. The van der Waals surface area contributed by atoms with Crippen LogP contribution in [-0.4, -0.2) is 11.5 Å². The van der Waals surface area contributed by atoms with Crippen molar-refractivity contribution in [1.29, 1.82) is 5.26 Å². The molecule has 3 N–H and O–H groups in total. The first-order valence-electron chi connectivity index (χ1n) is 5.22. The van der Waals surface area contributed by atoms with E-state index in [1.165, 1.54) is 4.88 Å². The third kappa shape index (κ3) is 2.74. The van der Waals surface area contributed by atoms with Crippen LogP contribution in [-0.2, 0) is 6.42 Å². The van der Waals surface area contributed by atoms with Crippen LogP contribution in [0.5, 0.6) is 0 Å². The van der Waals surface area contributed by atoms with E-state index in [9.17, 15) is 0 Å². The summed E-state index contributed by atoms with van der Waals surface area (Å²) < 4.78 is 0. The maximum Gasteiger partial charge on any atom is 0.150 e. The first-order valence-corrected chi connectivity index (χ1v) is 6.10. The summed E-state index contributed by atoms with van der Waals surface area (Å²) >= 11 is 1.73. The predicted molar refractivity (Wildman–Crippen MR) is 69.9 cm³/mol. The maximum atomic E-state index is 8.83. The van der Waals surface area contributed by atoms with Gasteiger partial charge in [-0.25, -0.2) is 4.98 Å². The van der Waals surface area contributed by atoms with Crippen LogP contribution in [0.1, 0.15) is 10.4 Å². The molecule has 2 heterocycles. The van der Waals surface area contributed by atoms with E-state index in [0.717, 1.165) is 13.0 Å². The minimum absolute atomic E-state index is 0.418. The lowest BCUT2D eigenvalue weighted by atomic mass is 10.2. The third-order valence-corrected chi connectivity index (χ3v) is 3.29. The molecule has 2 aromatic rings. The third-order valence-electron chi connectivity index (χ3n) is 2.35. The van der Waals surface area contributed by atoms with Gasteiger partial charge in [-0.1, -0.05) is 6.07 Å². The van der Waals surface area contributed by atoms with Gasteiger partial charge in [0.2, 0.25) is 0 Å². The molecule has 2 rings (SSSR count). The van der Waals surface area contributed by atoms with Crippen LogP contribution < -0.4 is 11.1 Å². The average Bonchev–Trinajstić information content (AvgIpc) is 2.84. The van der Waals surface area contributed by atoms with Crippen LogP contribution >= 0.6 is 11.3 Å². The van der Waals surface area contributed by atoms with Crippen molar-refractivity contribution in [2.75, 3.05) is 17.6 Å². The Hall–Kier alpha value is -2.06. The Kier molecular flexibility index (Phi) is 3.58. The zero-order valence-electron chi connectivity index (χ0n) is 9.18. The van der Waals surface area contributed by atoms with Gasteiger partial charge >= 0.3 is 0 Å². The lowest BCUT2D eigenvalue weighted by Crippen LogP contribution is -2.08. The SMILES string of the molecule is N#Cc1ccnc(NCCc2cccs2)c1N. The summed E-state index contributed by atoms with van der Waals surface area (Å²) in [4.78, 5) is 5.43. The Morgan fingerprint density at radius 3 is 3.06 bits per heavy atom. The van der Waals surface area contributed by atoms with Crippen molar-refractivity contribution in [1.82, 2.24) is 4.98 Å². The zero-order valence-corrected chi connectivity index (χ0v) is 10.00. The molecule has 4 nitrogen and oxygen atoms in total. The van der Waals surface area contributed by atoms with Crippen LogP contribution in [0.15, 0.2) is 29.8 Å². The summed E-state index contributed by atoms with van der Waals surface area (Å²) in [7, 11) is 0. The van der Waals surface area contributed by atoms with E-state index in [0.29, 0.717) is 17.1 Å². The molecule has 2 aromatic heterocycles. The van der Waals surface area contributed by atoms with Crippen LogP contribution in [0.3, 0.4) is 0 Å². The Labute approximate surface area is 104 Å². The van der Waals surface area contributed by atoms with E-state index in [1.54, 1.807) is 23.6 Å². The van der Waals surface area contributed by atoms with Crippen LogP contribution in [0.2, 0.25) is 0 Å². The number of aromatic nitrogens is 1. The van der Waals surface area contributed by atoms with Crippen molar-refractivity contribution in [3.05, 3.63) is 40.2 Å². The predicted octanol–water partition coefficient (Wildman–Crippen LogP) is 2.25. The topological polar surface area (TPSA) is 74.7 Å². The molecular weight excluding hydrogens is 232 g/mol. The molecule has 0 unspecified atom stereocenters. The Balaban J connectivity index is 1.98. The molecule has 0 radical (unpaired) electrons. The molecule has 0 bridgehead atoms. The highest BCUT2D eigenvalue weighted by atomic mass is 32.1. The molecule has 0 amide bonds. The number of hydrogen-bond donors (Lipinski definition) is 2. The van der Waals surface area contributed by atoms with Gasteiger partial charge in [0.25, 0.3) is 0 Å². The number of nitrogens with zero attached hydrogens (tertiary/aromatic N) is 2. The molecule has 0 aliphatic heterocycles. The highest BCUT2D eigenvalue weighted by Gasteiger charge is 2.05. The monoisotopic (exact) mass is 244 g/mol. The Morgan fingerprint density at radius 2 is 2.35 bits per heavy atom. The summed E-state index contributed by atoms with van der Waals surface area (Å²) in [5, 5.41) is 14.0. The normalized spacial score (nSPS) is 9.82. The number of nitriles is 1. The summed E-state index contributed by atoms with van der Waals surface area (Å²) in [6, 6.07) is 7.77. The van der Waals surface area contributed by atoms with Gasteiger partial charge in [-0.3, -0.25) is 0 Å². The summed E-state index contributed by atoms with van der Waals surface area (Å²) in [6.07, 6.45) is 2.51. The number of nitrogens with one attached hydrogen (secondary N) is 1. The molecule has 0 aliphatic rings. The number of anilines is 2. The fraction of sp³-hybridized carbons (Fsp3) is 0.167. The minimum atomic E-state index is 0.418. The van der Waals surface area contributed by atoms with E-state index in [1.807, 2.05) is 12.1 Å². The molecule has 5 heteroatoms. The van der Waals surface area contributed by atoms with E-state index >= 15 is 0 Å². The molecule has 0 atom stereocenters. The van der Waals surface area contributed by atoms with Gasteiger partial charge in [0.1, 0.15) is 6.07 Å². The standard InChI is InChI=1S/C12H12N4S/c13-8-9-3-5-15-12(11(9)14)16-6-4-10-2-1-7-17-10/h1-3,5,7H,4,6,14H2,(H,15,16). The second-order valence-corrected chi connectivity index (χ2v) is 4.52. The molecule has 0 saturated heterocycles. The fourth-order valence-corrected chi connectivity index (χ4v) is 2.18. The van der Waals surface area contributed by atoms with Crippen LogP contribution in [0, 0.1) is 11.3 Å². The average molecular weight is 244 g/mol. The molecule has 0 fully saturated rings. The smallest absolute Gasteiger partial charge is 0.150 e. The number of pyridine rings is 1. The number of nitrogen functional groups attached to an aromatic ring is 1. The quantitative estimate of drug-likeness (QED) is 0.865. The van der Waals surface area contributed by atoms with Gasteiger partial charge in [0.05, 0.1) is 11.3 Å². The summed E-state index contributed by atoms with van der Waals surface area (Å²) in [6.45, 7) is 0.757. The van der Waals surface area contributed by atoms with Gasteiger partial charge < -0.3 is 11.1 Å².